The van der Waals surface area contributed by atoms with Crippen molar-refractivity contribution in [3.8, 4) is 6.07 Å². The van der Waals surface area contributed by atoms with E-state index in [4.69, 9.17) is 5.26 Å². The van der Waals surface area contributed by atoms with Crippen molar-refractivity contribution in [1.82, 2.24) is 9.78 Å². The van der Waals surface area contributed by atoms with Crippen LogP contribution in [0.15, 0.2) is 36.7 Å². The van der Waals surface area contributed by atoms with Crippen molar-refractivity contribution >= 4 is 5.69 Å². The van der Waals surface area contributed by atoms with E-state index in [0.29, 0.717) is 18.8 Å². The second-order valence-corrected chi connectivity index (χ2v) is 4.07. The molecule has 0 fully saturated rings. The maximum Gasteiger partial charge on any atom is 0.417 e. The van der Waals surface area contributed by atoms with Gasteiger partial charge in [0.2, 0.25) is 0 Å². The van der Waals surface area contributed by atoms with Gasteiger partial charge in [0.1, 0.15) is 0 Å². The Morgan fingerprint density at radius 3 is 2.75 bits per heavy atom. The predicted molar refractivity (Wildman–Crippen MR) is 66.9 cm³/mol. The Labute approximate surface area is 113 Å². The van der Waals surface area contributed by atoms with Gasteiger partial charge < -0.3 is 5.32 Å². The standard InChI is InChI=1S/C13H11F3N4/c14-13(15,16)12-8-11(3-2-10(12)9-17)18-5-7-20-6-1-4-19-20/h1-4,6,8,18H,5,7H2. The molecule has 104 valence electrons. The van der Waals surface area contributed by atoms with Gasteiger partial charge in [-0.3, -0.25) is 4.68 Å². The molecular formula is C13H11F3N4. The average Bonchev–Trinajstić information content (AvgIpc) is 2.91. The largest absolute Gasteiger partial charge is 0.417 e. The van der Waals surface area contributed by atoms with E-state index in [9.17, 15) is 13.2 Å². The lowest BCUT2D eigenvalue weighted by atomic mass is 10.1. The van der Waals surface area contributed by atoms with Gasteiger partial charge in [-0.25, -0.2) is 0 Å². The molecule has 0 atom stereocenters. The molecule has 2 rings (SSSR count). The van der Waals surface area contributed by atoms with E-state index >= 15 is 0 Å². The smallest absolute Gasteiger partial charge is 0.383 e. The number of nitrogens with zero attached hydrogens (tertiary/aromatic N) is 3. The lowest BCUT2D eigenvalue weighted by molar-refractivity contribution is -0.137. The third kappa shape index (κ3) is 3.29. The third-order valence-corrected chi connectivity index (χ3v) is 2.67. The fourth-order valence-electron chi connectivity index (χ4n) is 1.73. The summed E-state index contributed by atoms with van der Waals surface area (Å²) in [5.41, 5.74) is -0.984. The first-order valence-electron chi connectivity index (χ1n) is 5.83. The van der Waals surface area contributed by atoms with Crippen molar-refractivity contribution in [2.75, 3.05) is 11.9 Å². The van der Waals surface area contributed by atoms with Crippen molar-refractivity contribution in [2.45, 2.75) is 12.7 Å². The molecule has 0 radical (unpaired) electrons. The van der Waals surface area contributed by atoms with Crippen molar-refractivity contribution in [2.24, 2.45) is 0 Å². The summed E-state index contributed by atoms with van der Waals surface area (Å²) in [6.45, 7) is 0.971. The molecule has 2 aromatic rings. The summed E-state index contributed by atoms with van der Waals surface area (Å²) in [5.74, 6) is 0. The Bertz CT molecular complexity index is 612. The Morgan fingerprint density at radius 1 is 1.35 bits per heavy atom. The number of nitrogens with one attached hydrogen (secondary N) is 1. The zero-order valence-electron chi connectivity index (χ0n) is 10.4. The van der Waals surface area contributed by atoms with E-state index in [2.05, 4.69) is 10.4 Å². The summed E-state index contributed by atoms with van der Waals surface area (Å²) in [4.78, 5) is 0. The van der Waals surface area contributed by atoms with Crippen LogP contribution in [-0.4, -0.2) is 16.3 Å². The number of nitriles is 1. The Hall–Kier alpha value is -2.49. The van der Waals surface area contributed by atoms with E-state index in [1.807, 2.05) is 0 Å². The first-order chi connectivity index (χ1) is 9.50. The molecule has 0 amide bonds. The lowest BCUT2D eigenvalue weighted by Crippen LogP contribution is -2.13. The number of alkyl halides is 3. The number of benzene rings is 1. The Balaban J connectivity index is 2.07. The van der Waals surface area contributed by atoms with E-state index in [-0.39, 0.29) is 5.56 Å². The van der Waals surface area contributed by atoms with Gasteiger partial charge in [0.25, 0.3) is 0 Å². The summed E-state index contributed by atoms with van der Waals surface area (Å²) in [6, 6.07) is 6.88. The quantitative estimate of drug-likeness (QED) is 0.937. The topological polar surface area (TPSA) is 53.6 Å². The second kappa shape index (κ2) is 5.65. The fraction of sp³-hybridized carbons (Fsp3) is 0.231. The first-order valence-corrected chi connectivity index (χ1v) is 5.83. The molecule has 0 bridgehead atoms. The summed E-state index contributed by atoms with van der Waals surface area (Å²) >= 11 is 0. The normalized spacial score (nSPS) is 11.1. The highest BCUT2D eigenvalue weighted by molar-refractivity contribution is 5.53. The van der Waals surface area contributed by atoms with E-state index < -0.39 is 11.7 Å². The monoisotopic (exact) mass is 280 g/mol. The number of aromatic nitrogens is 2. The third-order valence-electron chi connectivity index (χ3n) is 2.67. The van der Waals surface area contributed by atoms with Crippen molar-refractivity contribution in [3.63, 3.8) is 0 Å². The van der Waals surface area contributed by atoms with Crippen LogP contribution in [0.2, 0.25) is 0 Å². The zero-order valence-corrected chi connectivity index (χ0v) is 10.4. The van der Waals surface area contributed by atoms with Crippen LogP contribution in [-0.2, 0) is 12.7 Å². The minimum atomic E-state index is -4.54. The summed E-state index contributed by atoms with van der Waals surface area (Å²) in [5, 5.41) is 15.6. The SMILES string of the molecule is N#Cc1ccc(NCCn2cccn2)cc1C(F)(F)F. The summed E-state index contributed by atoms with van der Waals surface area (Å²) < 4.78 is 40.0. The van der Waals surface area contributed by atoms with Crippen LogP contribution < -0.4 is 5.32 Å². The molecule has 0 aliphatic carbocycles. The molecule has 1 N–H and O–H groups in total. The van der Waals surface area contributed by atoms with Gasteiger partial charge in [-0.05, 0) is 24.3 Å². The number of halogens is 3. The Morgan fingerprint density at radius 2 is 2.15 bits per heavy atom. The zero-order chi connectivity index (χ0) is 14.6. The van der Waals surface area contributed by atoms with Crippen LogP contribution in [0.4, 0.5) is 18.9 Å². The molecule has 0 saturated heterocycles. The van der Waals surface area contributed by atoms with Crippen LogP contribution in [0, 0.1) is 11.3 Å². The number of anilines is 1. The molecule has 1 heterocycles. The van der Waals surface area contributed by atoms with Crippen LogP contribution in [0.5, 0.6) is 0 Å². The van der Waals surface area contributed by atoms with E-state index in [1.54, 1.807) is 29.2 Å². The van der Waals surface area contributed by atoms with Gasteiger partial charge in [0, 0.05) is 24.6 Å². The predicted octanol–water partition coefficient (Wildman–Crippen LogP) is 2.89. The summed E-state index contributed by atoms with van der Waals surface area (Å²) in [6.07, 6.45) is -1.14. The molecule has 0 saturated carbocycles. The van der Waals surface area contributed by atoms with Crippen molar-refractivity contribution in [1.29, 1.82) is 5.26 Å². The minimum Gasteiger partial charge on any atom is -0.383 e. The number of hydrogen-bond donors (Lipinski definition) is 1. The molecule has 20 heavy (non-hydrogen) atoms. The van der Waals surface area contributed by atoms with E-state index in [1.165, 1.54) is 12.1 Å². The van der Waals surface area contributed by atoms with Crippen molar-refractivity contribution < 1.29 is 13.2 Å². The van der Waals surface area contributed by atoms with Crippen LogP contribution in [0.1, 0.15) is 11.1 Å². The molecule has 0 aliphatic heterocycles. The highest BCUT2D eigenvalue weighted by atomic mass is 19.4. The minimum absolute atomic E-state index is 0.323. The molecule has 4 nitrogen and oxygen atoms in total. The second-order valence-electron chi connectivity index (χ2n) is 4.07. The van der Waals surface area contributed by atoms with Gasteiger partial charge in [-0.1, -0.05) is 0 Å². The number of hydrogen-bond acceptors (Lipinski definition) is 3. The average molecular weight is 280 g/mol. The maximum absolute atomic E-state index is 12.8. The van der Waals surface area contributed by atoms with E-state index in [0.717, 1.165) is 6.07 Å². The molecule has 1 aromatic carbocycles. The molecule has 0 aliphatic rings. The van der Waals surface area contributed by atoms with Gasteiger partial charge in [0.15, 0.2) is 0 Å². The highest BCUT2D eigenvalue weighted by Crippen LogP contribution is 2.33. The lowest BCUT2D eigenvalue weighted by Gasteiger charge is -2.12. The van der Waals surface area contributed by atoms with Gasteiger partial charge >= 0.3 is 6.18 Å². The van der Waals surface area contributed by atoms with Gasteiger partial charge in [0.05, 0.1) is 23.7 Å². The molecule has 1 aromatic heterocycles. The maximum atomic E-state index is 12.8. The Kier molecular flexibility index (Phi) is 3.94. The van der Waals surface area contributed by atoms with Crippen LogP contribution >= 0.6 is 0 Å². The van der Waals surface area contributed by atoms with Crippen LogP contribution in [0.3, 0.4) is 0 Å². The molecule has 7 heteroatoms. The summed E-state index contributed by atoms with van der Waals surface area (Å²) in [7, 11) is 0. The van der Waals surface area contributed by atoms with Crippen molar-refractivity contribution in [3.05, 3.63) is 47.8 Å². The first kappa shape index (κ1) is 13.9. The molecule has 0 unspecified atom stereocenters. The number of rotatable bonds is 4. The van der Waals surface area contributed by atoms with Gasteiger partial charge in [-0.15, -0.1) is 0 Å². The van der Waals surface area contributed by atoms with Crippen LogP contribution in [0.25, 0.3) is 0 Å². The molecular weight excluding hydrogens is 269 g/mol. The molecule has 0 spiro atoms. The highest BCUT2D eigenvalue weighted by Gasteiger charge is 2.33. The van der Waals surface area contributed by atoms with Gasteiger partial charge in [-0.2, -0.15) is 23.5 Å². The fourth-order valence-corrected chi connectivity index (χ4v) is 1.73.